The van der Waals surface area contributed by atoms with Gasteiger partial charge in [0.1, 0.15) is 6.33 Å². The van der Waals surface area contributed by atoms with Gasteiger partial charge in [0.15, 0.2) is 0 Å². The Kier molecular flexibility index (Phi) is 4.66. The monoisotopic (exact) mass is 327 g/mol. The molecule has 0 amide bonds. The van der Waals surface area contributed by atoms with E-state index >= 15 is 0 Å². The van der Waals surface area contributed by atoms with Crippen LogP contribution in [0.1, 0.15) is 5.56 Å². The van der Waals surface area contributed by atoms with Crippen molar-refractivity contribution in [3.8, 4) is 0 Å². The molecule has 1 aromatic carbocycles. The maximum atomic E-state index is 11.1. The summed E-state index contributed by atoms with van der Waals surface area (Å²) in [4.78, 5) is 18.1. The normalized spacial score (nSPS) is 18.8. The molecule has 8 heteroatoms. The summed E-state index contributed by atoms with van der Waals surface area (Å²) in [5.41, 5.74) is 6.36. The summed E-state index contributed by atoms with van der Waals surface area (Å²) in [6.07, 6.45) is 5.12. The molecule has 0 bridgehead atoms. The zero-order chi connectivity index (χ0) is 16.9. The Labute approximate surface area is 138 Å². The maximum absolute atomic E-state index is 11.1. The molecule has 0 saturated carbocycles. The summed E-state index contributed by atoms with van der Waals surface area (Å²) in [6.45, 7) is 1.04. The first-order valence-corrected chi connectivity index (χ1v) is 7.46. The van der Waals surface area contributed by atoms with E-state index in [9.17, 15) is 10.1 Å². The summed E-state index contributed by atoms with van der Waals surface area (Å²) in [7, 11) is 0. The average Bonchev–Trinajstić information content (AvgIpc) is 2.56. The molecule has 1 aliphatic carbocycles. The molecule has 1 aromatic heterocycles. The molecule has 124 valence electrons. The lowest BCUT2D eigenvalue weighted by Crippen LogP contribution is -2.36. The van der Waals surface area contributed by atoms with E-state index in [1.807, 2.05) is 42.5 Å². The molecule has 0 fully saturated rings. The minimum atomic E-state index is -0.582. The highest BCUT2D eigenvalue weighted by Crippen LogP contribution is 2.30. The summed E-state index contributed by atoms with van der Waals surface area (Å²) in [6, 6.07) is 9.79. The predicted molar refractivity (Wildman–Crippen MR) is 89.2 cm³/mol. The number of aromatic nitrogens is 2. The molecule has 0 radical (unpaired) electrons. The molecule has 1 heterocycles. The van der Waals surface area contributed by atoms with Gasteiger partial charge in [-0.25, -0.2) is 9.97 Å². The smallest absolute Gasteiger partial charge is 0.353 e. The van der Waals surface area contributed by atoms with Crippen molar-refractivity contribution < 1.29 is 9.66 Å². The second-order valence-corrected chi connectivity index (χ2v) is 5.43. The van der Waals surface area contributed by atoms with Gasteiger partial charge in [0, 0.05) is 5.92 Å². The maximum Gasteiger partial charge on any atom is 0.353 e. The van der Waals surface area contributed by atoms with Crippen molar-refractivity contribution in [2.75, 3.05) is 17.7 Å². The second-order valence-electron chi connectivity index (χ2n) is 5.43. The largest absolute Gasteiger partial charge is 0.378 e. The van der Waals surface area contributed by atoms with E-state index in [2.05, 4.69) is 15.3 Å². The number of nitrogens with two attached hydrogens (primary N) is 1. The van der Waals surface area contributed by atoms with Crippen LogP contribution in [0.25, 0.3) is 0 Å². The Morgan fingerprint density at radius 1 is 1.25 bits per heavy atom. The van der Waals surface area contributed by atoms with Crippen molar-refractivity contribution in [3.05, 3.63) is 64.5 Å². The van der Waals surface area contributed by atoms with Gasteiger partial charge in [-0.05, 0) is 5.56 Å². The van der Waals surface area contributed by atoms with Gasteiger partial charge in [-0.15, -0.1) is 0 Å². The SMILES string of the molecule is Nc1ncnc(N[C@H]2C=C[C@H]2COCc2ccccc2)c1[N+](=O)[O-]. The van der Waals surface area contributed by atoms with Gasteiger partial charge in [-0.1, -0.05) is 42.5 Å². The molecule has 0 unspecified atom stereocenters. The van der Waals surface area contributed by atoms with Crippen LogP contribution in [-0.4, -0.2) is 27.5 Å². The Balaban J connectivity index is 1.57. The molecule has 2 atom stereocenters. The zero-order valence-electron chi connectivity index (χ0n) is 12.8. The first kappa shape index (κ1) is 15.9. The number of benzene rings is 1. The van der Waals surface area contributed by atoms with Crippen LogP contribution < -0.4 is 11.1 Å². The number of nitrogen functional groups attached to an aromatic ring is 1. The van der Waals surface area contributed by atoms with Gasteiger partial charge >= 0.3 is 5.69 Å². The number of rotatable bonds is 7. The second kappa shape index (κ2) is 7.05. The number of nitro groups is 1. The molecule has 3 N–H and O–H groups in total. The van der Waals surface area contributed by atoms with Gasteiger partial charge in [0.05, 0.1) is 24.2 Å². The number of ether oxygens (including phenoxy) is 1. The molecule has 1 aliphatic rings. The van der Waals surface area contributed by atoms with Crippen molar-refractivity contribution >= 4 is 17.3 Å². The lowest BCUT2D eigenvalue weighted by molar-refractivity contribution is -0.383. The van der Waals surface area contributed by atoms with E-state index in [0.29, 0.717) is 13.2 Å². The number of anilines is 2. The fraction of sp³-hybridized carbons (Fsp3) is 0.250. The zero-order valence-corrected chi connectivity index (χ0v) is 12.8. The minimum Gasteiger partial charge on any atom is -0.378 e. The highest BCUT2D eigenvalue weighted by atomic mass is 16.6. The lowest BCUT2D eigenvalue weighted by atomic mass is 9.89. The molecule has 0 saturated heterocycles. The van der Waals surface area contributed by atoms with Crippen LogP contribution in [0.4, 0.5) is 17.3 Å². The van der Waals surface area contributed by atoms with Gasteiger partial charge in [-0.2, -0.15) is 0 Å². The van der Waals surface area contributed by atoms with Gasteiger partial charge in [0.2, 0.25) is 11.6 Å². The molecule has 0 spiro atoms. The van der Waals surface area contributed by atoms with Crippen LogP contribution in [0.15, 0.2) is 48.8 Å². The third kappa shape index (κ3) is 3.49. The van der Waals surface area contributed by atoms with Crippen LogP contribution in [0.2, 0.25) is 0 Å². The van der Waals surface area contributed by atoms with Crippen molar-refractivity contribution in [1.29, 1.82) is 0 Å². The van der Waals surface area contributed by atoms with Crippen molar-refractivity contribution in [2.45, 2.75) is 12.6 Å². The van der Waals surface area contributed by atoms with Gasteiger partial charge in [0.25, 0.3) is 0 Å². The molecular formula is C16H17N5O3. The van der Waals surface area contributed by atoms with Crippen LogP contribution in [-0.2, 0) is 11.3 Å². The number of nitrogens with one attached hydrogen (secondary N) is 1. The Bertz CT molecular complexity index is 751. The van der Waals surface area contributed by atoms with Crippen LogP contribution in [0.5, 0.6) is 0 Å². The number of hydrogen-bond acceptors (Lipinski definition) is 7. The van der Waals surface area contributed by atoms with Crippen molar-refractivity contribution in [2.24, 2.45) is 5.92 Å². The fourth-order valence-corrected chi connectivity index (χ4v) is 2.42. The average molecular weight is 327 g/mol. The van der Waals surface area contributed by atoms with E-state index in [0.717, 1.165) is 5.56 Å². The summed E-state index contributed by atoms with van der Waals surface area (Å²) >= 11 is 0. The molecule has 3 rings (SSSR count). The Morgan fingerprint density at radius 3 is 2.71 bits per heavy atom. The third-order valence-electron chi connectivity index (χ3n) is 3.79. The Morgan fingerprint density at radius 2 is 2.04 bits per heavy atom. The van der Waals surface area contributed by atoms with Crippen molar-refractivity contribution in [3.63, 3.8) is 0 Å². The van der Waals surface area contributed by atoms with Crippen LogP contribution >= 0.6 is 0 Å². The lowest BCUT2D eigenvalue weighted by Gasteiger charge is -2.30. The fourth-order valence-electron chi connectivity index (χ4n) is 2.42. The summed E-state index contributed by atoms with van der Waals surface area (Å²) < 4.78 is 5.71. The first-order valence-electron chi connectivity index (χ1n) is 7.46. The van der Waals surface area contributed by atoms with Crippen LogP contribution in [0.3, 0.4) is 0 Å². The minimum absolute atomic E-state index is 0.0891. The molecule has 0 aliphatic heterocycles. The van der Waals surface area contributed by atoms with Gasteiger partial charge < -0.3 is 15.8 Å². The van der Waals surface area contributed by atoms with E-state index in [1.54, 1.807) is 0 Å². The standard InChI is InChI=1S/C16H17N5O3/c17-15-14(21(22)23)16(19-10-18-15)20-13-7-6-12(13)9-24-8-11-4-2-1-3-5-11/h1-7,10,12-13H,8-9H2,(H3,17,18,19,20)/t12-,13-/m0/s1. The van der Waals surface area contributed by atoms with E-state index < -0.39 is 4.92 Å². The Hall–Kier alpha value is -3.00. The van der Waals surface area contributed by atoms with E-state index in [1.165, 1.54) is 6.33 Å². The van der Waals surface area contributed by atoms with E-state index in [4.69, 9.17) is 10.5 Å². The predicted octanol–water partition coefficient (Wildman–Crippen LogP) is 2.15. The topological polar surface area (TPSA) is 116 Å². The van der Waals surface area contributed by atoms with Crippen LogP contribution in [0, 0.1) is 16.0 Å². The van der Waals surface area contributed by atoms with Gasteiger partial charge in [-0.3, -0.25) is 10.1 Å². The molecule has 24 heavy (non-hydrogen) atoms. The van der Waals surface area contributed by atoms with E-state index in [-0.39, 0.29) is 29.3 Å². The van der Waals surface area contributed by atoms with Crippen molar-refractivity contribution in [1.82, 2.24) is 9.97 Å². The molecule has 2 aromatic rings. The third-order valence-corrected chi connectivity index (χ3v) is 3.79. The number of nitrogens with zero attached hydrogens (tertiary/aromatic N) is 3. The summed E-state index contributed by atoms with van der Waals surface area (Å²) in [5.74, 6) is 0.0806. The highest BCUT2D eigenvalue weighted by molar-refractivity contribution is 5.68. The molecular weight excluding hydrogens is 310 g/mol. The summed E-state index contributed by atoms with van der Waals surface area (Å²) in [5, 5.41) is 14.1. The first-order chi connectivity index (χ1) is 11.6. The highest BCUT2D eigenvalue weighted by Gasteiger charge is 2.29. The quantitative estimate of drug-likeness (QED) is 0.454. The molecule has 8 nitrogen and oxygen atoms in total. The number of hydrogen-bond donors (Lipinski definition) is 2.